The predicted molar refractivity (Wildman–Crippen MR) is 105 cm³/mol. The zero-order valence-electron chi connectivity index (χ0n) is 17.0. The van der Waals surface area contributed by atoms with Crippen LogP contribution in [0.3, 0.4) is 0 Å². The van der Waals surface area contributed by atoms with Gasteiger partial charge in [-0.2, -0.15) is 5.10 Å². The Morgan fingerprint density at radius 3 is 2.63 bits per heavy atom. The van der Waals surface area contributed by atoms with Gasteiger partial charge in [-0.1, -0.05) is 0 Å². The van der Waals surface area contributed by atoms with Crippen molar-refractivity contribution in [2.24, 2.45) is 13.0 Å². The minimum absolute atomic E-state index is 0.0294. The van der Waals surface area contributed by atoms with Crippen LogP contribution in [0, 0.1) is 5.92 Å². The van der Waals surface area contributed by atoms with Gasteiger partial charge < -0.3 is 20.7 Å². The van der Waals surface area contributed by atoms with Crippen LogP contribution in [0.2, 0.25) is 0 Å². The summed E-state index contributed by atoms with van der Waals surface area (Å²) in [5, 5.41) is 14.2. The average molecular weight is 380 g/mol. The van der Waals surface area contributed by atoms with Crippen molar-refractivity contribution in [2.45, 2.75) is 58.2 Å². The maximum atomic E-state index is 11.9. The van der Waals surface area contributed by atoms with Crippen LogP contribution in [0.4, 0.5) is 4.79 Å². The summed E-state index contributed by atoms with van der Waals surface area (Å²) < 4.78 is 6.68. The second-order valence-electron chi connectivity index (χ2n) is 8.24. The first-order valence-electron chi connectivity index (χ1n) is 9.63. The lowest BCUT2D eigenvalue weighted by molar-refractivity contribution is 0.0507. The molecule has 1 fully saturated rings. The largest absolute Gasteiger partial charge is 0.444 e. The van der Waals surface area contributed by atoms with Gasteiger partial charge >= 0.3 is 6.09 Å². The van der Waals surface area contributed by atoms with Crippen molar-refractivity contribution in [1.29, 1.82) is 0 Å². The number of carbonyl (C=O) groups excluding carboxylic acids is 1. The molecule has 1 aliphatic heterocycles. The van der Waals surface area contributed by atoms with Crippen LogP contribution in [-0.4, -0.2) is 47.2 Å². The molecule has 8 nitrogen and oxygen atoms in total. The van der Waals surface area contributed by atoms with Crippen LogP contribution in [0.15, 0.2) is 16.9 Å². The summed E-state index contributed by atoms with van der Waals surface area (Å²) in [5.41, 5.74) is 0.212. The Balaban J connectivity index is 2.02. The minimum atomic E-state index is -0.520. The Morgan fingerprint density at radius 2 is 2.04 bits per heavy atom. The number of rotatable bonds is 6. The molecule has 27 heavy (non-hydrogen) atoms. The number of ether oxygens (including phenoxy) is 1. The Kier molecular flexibility index (Phi) is 7.38. The van der Waals surface area contributed by atoms with Crippen molar-refractivity contribution in [3.05, 3.63) is 28.2 Å². The van der Waals surface area contributed by atoms with E-state index in [1.54, 1.807) is 19.2 Å². The lowest BCUT2D eigenvalue weighted by atomic mass is 9.88. The van der Waals surface area contributed by atoms with Crippen LogP contribution in [0.1, 0.15) is 52.3 Å². The molecule has 0 spiro atoms. The van der Waals surface area contributed by atoms with E-state index in [1.165, 1.54) is 4.68 Å². The van der Waals surface area contributed by atoms with E-state index in [0.29, 0.717) is 12.5 Å². The first kappa shape index (κ1) is 21.4. The number of aromatic nitrogens is 2. The van der Waals surface area contributed by atoms with Crippen LogP contribution in [0.25, 0.3) is 0 Å². The highest BCUT2D eigenvalue weighted by atomic mass is 16.6. The van der Waals surface area contributed by atoms with Gasteiger partial charge in [-0.15, -0.1) is 0 Å². The number of hydrogen-bond donors (Lipinski definition) is 3. The van der Waals surface area contributed by atoms with Gasteiger partial charge in [0.25, 0.3) is 5.56 Å². The highest BCUT2D eigenvalue weighted by Crippen LogP contribution is 2.27. The van der Waals surface area contributed by atoms with Crippen molar-refractivity contribution in [3.63, 3.8) is 0 Å². The smallest absolute Gasteiger partial charge is 0.407 e. The molecule has 0 aromatic carbocycles. The van der Waals surface area contributed by atoms with E-state index in [4.69, 9.17) is 4.74 Å². The molecule has 2 heterocycles. The fourth-order valence-corrected chi connectivity index (χ4v) is 3.24. The number of carbonyl (C=O) groups is 1. The highest BCUT2D eigenvalue weighted by molar-refractivity contribution is 5.68. The number of amides is 1. The molecule has 1 saturated heterocycles. The van der Waals surface area contributed by atoms with Gasteiger partial charge in [0.1, 0.15) is 5.60 Å². The summed E-state index contributed by atoms with van der Waals surface area (Å²) in [4.78, 5) is 23.6. The number of piperidine rings is 1. The number of aryl methyl sites for hydroxylation is 1. The zero-order chi connectivity index (χ0) is 20.0. The van der Waals surface area contributed by atoms with Gasteiger partial charge in [-0.3, -0.25) is 4.79 Å². The van der Waals surface area contributed by atoms with Crippen LogP contribution in [-0.2, 0) is 11.8 Å². The monoisotopic (exact) mass is 379 g/mol. The van der Waals surface area contributed by atoms with E-state index in [2.05, 4.69) is 21.0 Å². The second-order valence-corrected chi connectivity index (χ2v) is 8.24. The van der Waals surface area contributed by atoms with Crippen molar-refractivity contribution >= 4 is 6.09 Å². The fraction of sp³-hybridized carbons (Fsp3) is 0.737. The van der Waals surface area contributed by atoms with E-state index in [1.807, 2.05) is 27.7 Å². The van der Waals surface area contributed by atoms with Gasteiger partial charge in [-0.25, -0.2) is 9.48 Å². The summed E-state index contributed by atoms with van der Waals surface area (Å²) in [6, 6.07) is 3.28. The summed E-state index contributed by atoms with van der Waals surface area (Å²) in [6.45, 7) is 9.99. The van der Waals surface area contributed by atoms with Gasteiger partial charge in [-0.05, 0) is 65.6 Å². The summed E-state index contributed by atoms with van der Waals surface area (Å²) in [6.07, 6.45) is 1.65. The molecule has 2 atom stereocenters. The molecule has 8 heteroatoms. The SMILES string of the molecule is C[C@@H](CNC(c1ccc(=O)n(C)n1)C1CCNCC1)NC(=O)OC(C)(C)C. The lowest BCUT2D eigenvalue weighted by Gasteiger charge is -2.32. The van der Waals surface area contributed by atoms with Gasteiger partial charge in [0, 0.05) is 25.7 Å². The first-order valence-corrected chi connectivity index (χ1v) is 9.63. The topological polar surface area (TPSA) is 97.3 Å². The quantitative estimate of drug-likeness (QED) is 0.690. The minimum Gasteiger partial charge on any atom is -0.444 e. The highest BCUT2D eigenvalue weighted by Gasteiger charge is 2.27. The third-order valence-electron chi connectivity index (χ3n) is 4.56. The van der Waals surface area contributed by atoms with Crippen molar-refractivity contribution in [1.82, 2.24) is 25.7 Å². The van der Waals surface area contributed by atoms with Gasteiger partial charge in [0.05, 0.1) is 11.7 Å². The van der Waals surface area contributed by atoms with E-state index in [-0.39, 0.29) is 17.6 Å². The number of nitrogens with one attached hydrogen (secondary N) is 3. The molecule has 0 aliphatic carbocycles. The van der Waals surface area contributed by atoms with Crippen LogP contribution < -0.4 is 21.5 Å². The van der Waals surface area contributed by atoms with E-state index < -0.39 is 11.7 Å². The Labute approximate surface area is 161 Å². The molecule has 3 N–H and O–H groups in total. The van der Waals surface area contributed by atoms with E-state index in [9.17, 15) is 9.59 Å². The zero-order valence-corrected chi connectivity index (χ0v) is 17.0. The number of hydrogen-bond acceptors (Lipinski definition) is 6. The molecular formula is C19H33N5O3. The van der Waals surface area contributed by atoms with Crippen molar-refractivity contribution < 1.29 is 9.53 Å². The van der Waals surface area contributed by atoms with Gasteiger partial charge in [0.2, 0.25) is 0 Å². The Bertz CT molecular complexity index is 677. The second kappa shape index (κ2) is 9.32. The molecule has 1 aromatic rings. The van der Waals surface area contributed by atoms with Crippen molar-refractivity contribution in [2.75, 3.05) is 19.6 Å². The normalized spacial score (nSPS) is 18.0. The van der Waals surface area contributed by atoms with E-state index in [0.717, 1.165) is 31.6 Å². The van der Waals surface area contributed by atoms with Crippen molar-refractivity contribution in [3.8, 4) is 0 Å². The maximum absolute atomic E-state index is 11.9. The third-order valence-corrected chi connectivity index (χ3v) is 4.56. The number of nitrogens with zero attached hydrogens (tertiary/aromatic N) is 2. The summed E-state index contributed by atoms with van der Waals surface area (Å²) >= 11 is 0. The summed E-state index contributed by atoms with van der Waals surface area (Å²) in [5.74, 6) is 0.421. The first-order chi connectivity index (χ1) is 12.7. The molecule has 0 radical (unpaired) electrons. The molecule has 1 aromatic heterocycles. The molecule has 1 unspecified atom stereocenters. The Morgan fingerprint density at radius 1 is 1.37 bits per heavy atom. The van der Waals surface area contributed by atoms with Gasteiger partial charge in [0.15, 0.2) is 0 Å². The molecule has 152 valence electrons. The summed E-state index contributed by atoms with van der Waals surface area (Å²) in [7, 11) is 1.66. The lowest BCUT2D eigenvalue weighted by Crippen LogP contribution is -2.45. The molecular weight excluding hydrogens is 346 g/mol. The third kappa shape index (κ3) is 6.95. The standard InChI is InChI=1S/C19H33N5O3/c1-13(22-18(26)27-19(2,3)4)12-21-17(14-8-10-20-11-9-14)15-6-7-16(25)24(5)23-15/h6-7,13-14,17,20-21H,8-12H2,1-5H3,(H,22,26)/t13-,17?/m0/s1. The van der Waals surface area contributed by atoms with Crippen LogP contribution >= 0.6 is 0 Å². The Hall–Kier alpha value is -1.93. The maximum Gasteiger partial charge on any atom is 0.407 e. The molecule has 0 bridgehead atoms. The molecule has 2 rings (SSSR count). The fourth-order valence-electron chi connectivity index (χ4n) is 3.24. The number of alkyl carbamates (subject to hydrolysis) is 1. The molecule has 1 amide bonds. The molecule has 0 saturated carbocycles. The average Bonchev–Trinajstić information content (AvgIpc) is 2.57. The molecule has 1 aliphatic rings. The predicted octanol–water partition coefficient (Wildman–Crippen LogP) is 1.32. The van der Waals surface area contributed by atoms with E-state index >= 15 is 0 Å². The van der Waals surface area contributed by atoms with Crippen LogP contribution in [0.5, 0.6) is 0 Å².